The fourth-order valence-electron chi connectivity index (χ4n) is 2.59. The summed E-state index contributed by atoms with van der Waals surface area (Å²) in [5.74, 6) is 0. The minimum Gasteiger partial charge on any atom is -0.378 e. The highest BCUT2D eigenvalue weighted by Gasteiger charge is 2.20. The first-order valence-corrected chi connectivity index (χ1v) is 7.42. The molecule has 1 aliphatic heterocycles. The first kappa shape index (κ1) is 15.8. The number of hydrogen-bond donors (Lipinski definition) is 1. The molecule has 1 aromatic carbocycles. The van der Waals surface area contributed by atoms with Gasteiger partial charge in [0.1, 0.15) is 0 Å². The van der Waals surface area contributed by atoms with Crippen molar-refractivity contribution in [1.29, 1.82) is 0 Å². The van der Waals surface area contributed by atoms with Gasteiger partial charge in [-0.25, -0.2) is 4.79 Å². The number of rotatable bonds is 4. The van der Waals surface area contributed by atoms with Crippen LogP contribution in [0.4, 0.5) is 4.79 Å². The zero-order chi connectivity index (χ0) is 15.2. The van der Waals surface area contributed by atoms with E-state index in [1.54, 1.807) is 0 Å². The number of amides is 2. The lowest BCUT2D eigenvalue weighted by atomic mass is 10.0. The third-order valence-corrected chi connectivity index (χ3v) is 3.92. The van der Waals surface area contributed by atoms with E-state index in [1.807, 2.05) is 31.1 Å². The number of urea groups is 1. The maximum Gasteiger partial charge on any atom is 0.317 e. The summed E-state index contributed by atoms with van der Waals surface area (Å²) in [5.41, 5.74) is 2.50. The summed E-state index contributed by atoms with van der Waals surface area (Å²) in [7, 11) is 4.08. The van der Waals surface area contributed by atoms with E-state index in [0.717, 1.165) is 0 Å². The molecule has 0 saturated carbocycles. The Morgan fingerprint density at radius 3 is 2.62 bits per heavy atom. The van der Waals surface area contributed by atoms with Crippen LogP contribution in [0.15, 0.2) is 24.3 Å². The molecule has 5 nitrogen and oxygen atoms in total. The van der Waals surface area contributed by atoms with Gasteiger partial charge in [-0.3, -0.25) is 0 Å². The van der Waals surface area contributed by atoms with Crippen molar-refractivity contribution in [1.82, 2.24) is 15.1 Å². The van der Waals surface area contributed by atoms with Crippen LogP contribution < -0.4 is 5.32 Å². The molecule has 0 radical (unpaired) electrons. The molecule has 116 valence electrons. The second kappa shape index (κ2) is 7.43. The van der Waals surface area contributed by atoms with Crippen molar-refractivity contribution in [2.24, 2.45) is 0 Å². The van der Waals surface area contributed by atoms with E-state index in [4.69, 9.17) is 4.74 Å². The molecule has 1 atom stereocenters. The largest absolute Gasteiger partial charge is 0.378 e. The molecule has 0 bridgehead atoms. The Hall–Kier alpha value is -1.59. The number of benzene rings is 1. The van der Waals surface area contributed by atoms with Crippen LogP contribution in [0.25, 0.3) is 0 Å². The van der Waals surface area contributed by atoms with Crippen LogP contribution in [0, 0.1) is 6.92 Å². The summed E-state index contributed by atoms with van der Waals surface area (Å²) in [5, 5.41) is 3.05. The molecule has 0 spiro atoms. The van der Waals surface area contributed by atoms with E-state index in [9.17, 15) is 4.79 Å². The van der Waals surface area contributed by atoms with Crippen molar-refractivity contribution >= 4 is 6.03 Å². The number of carbonyl (C=O) groups excluding carboxylic acids is 1. The van der Waals surface area contributed by atoms with Gasteiger partial charge in [0.25, 0.3) is 0 Å². The fourth-order valence-corrected chi connectivity index (χ4v) is 2.59. The Morgan fingerprint density at radius 2 is 2.00 bits per heavy atom. The summed E-state index contributed by atoms with van der Waals surface area (Å²) in [6, 6.07) is 8.49. The van der Waals surface area contributed by atoms with Crippen LogP contribution in [0.5, 0.6) is 0 Å². The van der Waals surface area contributed by atoms with E-state index < -0.39 is 0 Å². The Morgan fingerprint density at radius 1 is 1.33 bits per heavy atom. The van der Waals surface area contributed by atoms with Crippen molar-refractivity contribution in [3.8, 4) is 0 Å². The summed E-state index contributed by atoms with van der Waals surface area (Å²) in [6.45, 7) is 5.31. The number of likely N-dealkylation sites (N-methyl/N-ethyl adjacent to an activating group) is 1. The van der Waals surface area contributed by atoms with E-state index in [1.165, 1.54) is 11.1 Å². The second-order valence-electron chi connectivity index (χ2n) is 5.62. The van der Waals surface area contributed by atoms with Gasteiger partial charge >= 0.3 is 6.03 Å². The molecule has 2 rings (SSSR count). The van der Waals surface area contributed by atoms with Gasteiger partial charge in [0.15, 0.2) is 0 Å². The normalized spacial score (nSPS) is 16.9. The van der Waals surface area contributed by atoms with E-state index in [0.29, 0.717) is 32.8 Å². The Kier molecular flexibility index (Phi) is 5.59. The quantitative estimate of drug-likeness (QED) is 0.917. The number of carbonyl (C=O) groups is 1. The second-order valence-corrected chi connectivity index (χ2v) is 5.62. The molecule has 1 aliphatic rings. The fraction of sp³-hybridized carbons (Fsp3) is 0.562. The molecule has 1 aromatic rings. The van der Waals surface area contributed by atoms with Crippen LogP contribution in [0.1, 0.15) is 17.2 Å². The first-order chi connectivity index (χ1) is 10.1. The van der Waals surface area contributed by atoms with E-state index in [2.05, 4.69) is 29.3 Å². The SMILES string of the molecule is Cc1ccccc1[C@H](CNC(=O)N1CCOCC1)N(C)C. The topological polar surface area (TPSA) is 44.8 Å². The zero-order valence-electron chi connectivity index (χ0n) is 13.1. The number of nitrogens with one attached hydrogen (secondary N) is 1. The van der Waals surface area contributed by atoms with Crippen molar-refractivity contribution in [2.45, 2.75) is 13.0 Å². The summed E-state index contributed by atoms with van der Waals surface area (Å²) in [6.07, 6.45) is 0. The Labute approximate surface area is 126 Å². The van der Waals surface area contributed by atoms with Gasteiger partial charge in [-0.1, -0.05) is 24.3 Å². The monoisotopic (exact) mass is 291 g/mol. The molecule has 1 heterocycles. The Bertz CT molecular complexity index is 470. The van der Waals surface area contributed by atoms with E-state index in [-0.39, 0.29) is 12.1 Å². The van der Waals surface area contributed by atoms with Gasteiger partial charge in [-0.15, -0.1) is 0 Å². The van der Waals surface area contributed by atoms with Gasteiger partial charge in [0.05, 0.1) is 19.3 Å². The van der Waals surface area contributed by atoms with Crippen LogP contribution in [0.3, 0.4) is 0 Å². The molecule has 0 unspecified atom stereocenters. The summed E-state index contributed by atoms with van der Waals surface area (Å²) in [4.78, 5) is 16.1. The molecule has 0 aliphatic carbocycles. The summed E-state index contributed by atoms with van der Waals surface area (Å²) >= 11 is 0. The highest BCUT2D eigenvalue weighted by Crippen LogP contribution is 2.21. The van der Waals surface area contributed by atoms with Crippen molar-refractivity contribution in [2.75, 3.05) is 46.9 Å². The highest BCUT2D eigenvalue weighted by atomic mass is 16.5. The maximum absolute atomic E-state index is 12.2. The average Bonchev–Trinajstić information content (AvgIpc) is 2.49. The minimum atomic E-state index is -0.00117. The number of nitrogens with zero attached hydrogens (tertiary/aromatic N) is 2. The van der Waals surface area contributed by atoms with Gasteiger partial charge in [0.2, 0.25) is 0 Å². The van der Waals surface area contributed by atoms with Crippen molar-refractivity contribution in [3.05, 3.63) is 35.4 Å². The molecule has 5 heteroatoms. The van der Waals surface area contributed by atoms with Crippen LogP contribution >= 0.6 is 0 Å². The Balaban J connectivity index is 1.97. The maximum atomic E-state index is 12.2. The standard InChI is InChI=1S/C16H25N3O2/c1-13-6-4-5-7-14(13)15(18(2)3)12-17-16(20)19-8-10-21-11-9-19/h4-7,15H,8-12H2,1-3H3,(H,17,20)/t15-/m0/s1. The molecule has 1 saturated heterocycles. The van der Waals surface area contributed by atoms with Crippen molar-refractivity contribution < 1.29 is 9.53 Å². The van der Waals surface area contributed by atoms with Gasteiger partial charge in [-0.2, -0.15) is 0 Å². The molecule has 2 amide bonds. The van der Waals surface area contributed by atoms with E-state index >= 15 is 0 Å². The number of ether oxygens (including phenoxy) is 1. The van der Waals surface area contributed by atoms with Gasteiger partial charge < -0.3 is 19.9 Å². The third-order valence-electron chi connectivity index (χ3n) is 3.92. The average molecular weight is 291 g/mol. The molecular formula is C16H25N3O2. The summed E-state index contributed by atoms with van der Waals surface area (Å²) < 4.78 is 5.27. The number of aryl methyl sites for hydroxylation is 1. The smallest absolute Gasteiger partial charge is 0.317 e. The minimum absolute atomic E-state index is 0.00117. The zero-order valence-corrected chi connectivity index (χ0v) is 13.1. The highest BCUT2D eigenvalue weighted by molar-refractivity contribution is 5.74. The lowest BCUT2D eigenvalue weighted by Gasteiger charge is -2.30. The lowest BCUT2D eigenvalue weighted by molar-refractivity contribution is 0.0528. The van der Waals surface area contributed by atoms with Crippen LogP contribution in [-0.2, 0) is 4.74 Å². The number of morpholine rings is 1. The molecule has 1 fully saturated rings. The molecule has 0 aromatic heterocycles. The van der Waals surface area contributed by atoms with Crippen LogP contribution in [0.2, 0.25) is 0 Å². The third kappa shape index (κ3) is 4.19. The molecular weight excluding hydrogens is 266 g/mol. The van der Waals surface area contributed by atoms with Crippen molar-refractivity contribution in [3.63, 3.8) is 0 Å². The molecule has 1 N–H and O–H groups in total. The van der Waals surface area contributed by atoms with Gasteiger partial charge in [0, 0.05) is 19.6 Å². The molecule has 21 heavy (non-hydrogen) atoms. The number of hydrogen-bond acceptors (Lipinski definition) is 3. The predicted molar refractivity (Wildman–Crippen MR) is 83.4 cm³/mol. The van der Waals surface area contributed by atoms with Crippen LogP contribution in [-0.4, -0.2) is 62.8 Å². The van der Waals surface area contributed by atoms with Gasteiger partial charge in [-0.05, 0) is 32.1 Å². The lowest BCUT2D eigenvalue weighted by Crippen LogP contribution is -2.47. The first-order valence-electron chi connectivity index (χ1n) is 7.42. The predicted octanol–water partition coefficient (Wildman–Crippen LogP) is 1.64.